The van der Waals surface area contributed by atoms with Gasteiger partial charge in [-0.3, -0.25) is 4.98 Å². The summed E-state index contributed by atoms with van der Waals surface area (Å²) in [4.78, 5) is 4.22. The second-order valence-corrected chi connectivity index (χ2v) is 8.45. The molecule has 2 aromatic heterocycles. The van der Waals surface area contributed by atoms with Crippen LogP contribution in [0.4, 0.5) is 13.2 Å². The van der Waals surface area contributed by atoms with E-state index in [2.05, 4.69) is 9.71 Å². The zero-order valence-electron chi connectivity index (χ0n) is 13.4. The van der Waals surface area contributed by atoms with Gasteiger partial charge in [0.2, 0.25) is 0 Å². The molecule has 0 spiro atoms. The minimum absolute atomic E-state index is 0.273. The van der Waals surface area contributed by atoms with Gasteiger partial charge in [-0.25, -0.2) is 8.93 Å². The lowest BCUT2D eigenvalue weighted by Gasteiger charge is -2.21. The molecule has 2 atom stereocenters. The van der Waals surface area contributed by atoms with Gasteiger partial charge in [0, 0.05) is 11.6 Å². The van der Waals surface area contributed by atoms with Crippen LogP contribution in [-0.2, 0) is 17.5 Å². The lowest BCUT2D eigenvalue weighted by atomic mass is 10.2. The molecule has 0 aromatic carbocycles. The molecular weight excluding hydrogens is 327 g/mol. The monoisotopic (exact) mass is 347 g/mol. The average molecular weight is 347 g/mol. The van der Waals surface area contributed by atoms with E-state index in [1.165, 1.54) is 12.4 Å². The van der Waals surface area contributed by atoms with Crippen molar-refractivity contribution in [2.24, 2.45) is 0 Å². The maximum atomic E-state index is 12.5. The summed E-state index contributed by atoms with van der Waals surface area (Å²) < 4.78 is 53.4. The summed E-state index contributed by atoms with van der Waals surface area (Å²) in [6, 6.07) is 3.07. The van der Waals surface area contributed by atoms with Crippen LogP contribution in [0.3, 0.4) is 0 Å². The van der Waals surface area contributed by atoms with Crippen LogP contribution in [0.1, 0.15) is 39.4 Å². The van der Waals surface area contributed by atoms with Crippen molar-refractivity contribution in [1.82, 2.24) is 14.3 Å². The fourth-order valence-electron chi connectivity index (χ4n) is 2.07. The van der Waals surface area contributed by atoms with Gasteiger partial charge in [0.1, 0.15) is 6.54 Å². The molecule has 23 heavy (non-hydrogen) atoms. The molecule has 0 aliphatic heterocycles. The van der Waals surface area contributed by atoms with Crippen molar-refractivity contribution in [3.05, 3.63) is 30.2 Å². The predicted octanol–water partition coefficient (Wildman–Crippen LogP) is 3.71. The van der Waals surface area contributed by atoms with Gasteiger partial charge in [-0.1, -0.05) is 0 Å². The Labute approximate surface area is 135 Å². The van der Waals surface area contributed by atoms with Gasteiger partial charge >= 0.3 is 6.18 Å². The summed E-state index contributed by atoms with van der Waals surface area (Å²) in [5, 5.41) is 0.675. The Balaban J connectivity index is 2.23. The van der Waals surface area contributed by atoms with Gasteiger partial charge in [0.15, 0.2) is 0 Å². The second-order valence-electron chi connectivity index (χ2n) is 6.45. The van der Waals surface area contributed by atoms with E-state index in [1.807, 2.05) is 27.7 Å². The van der Waals surface area contributed by atoms with E-state index in [9.17, 15) is 17.4 Å². The van der Waals surface area contributed by atoms with Crippen LogP contribution in [0.25, 0.3) is 10.9 Å². The highest BCUT2D eigenvalue weighted by Crippen LogP contribution is 2.24. The van der Waals surface area contributed by atoms with E-state index in [4.69, 9.17) is 0 Å². The number of aromatic nitrogens is 2. The van der Waals surface area contributed by atoms with Crippen molar-refractivity contribution < 1.29 is 17.4 Å². The minimum Gasteiger partial charge on any atom is -0.337 e. The standard InChI is InChI=1S/C15H20F3N3OS/c1-10(20-23(22)14(2,3)4)12-7-11-5-6-21(9-15(16,17)18)13(11)8-19-12/h5-8,10,20H,9H2,1-4H3/t10-,23?/m1/s1. The Kier molecular flexibility index (Phi) is 4.86. The summed E-state index contributed by atoms with van der Waals surface area (Å²) >= 11 is 0. The van der Waals surface area contributed by atoms with Crippen molar-refractivity contribution in [2.45, 2.75) is 51.2 Å². The number of nitrogens with zero attached hydrogens (tertiary/aromatic N) is 2. The molecule has 4 nitrogen and oxygen atoms in total. The normalized spacial score (nSPS) is 15.8. The molecule has 0 saturated heterocycles. The summed E-state index contributed by atoms with van der Waals surface area (Å²) in [6.45, 7) is 6.36. The highest BCUT2D eigenvalue weighted by molar-refractivity contribution is 7.84. The highest BCUT2D eigenvalue weighted by atomic mass is 32.2. The molecule has 0 fully saturated rings. The third-order valence-electron chi connectivity index (χ3n) is 3.31. The fraction of sp³-hybridized carbons (Fsp3) is 0.533. The molecular formula is C15H20F3N3OS. The number of rotatable bonds is 4. The molecule has 0 radical (unpaired) electrons. The molecule has 2 rings (SSSR count). The number of hydrogen-bond acceptors (Lipinski definition) is 2. The Bertz CT molecular complexity index is 719. The first kappa shape index (κ1) is 17.9. The lowest BCUT2D eigenvalue weighted by molar-refractivity contribution is -0.139. The Morgan fingerprint density at radius 2 is 2.00 bits per heavy atom. The first-order chi connectivity index (χ1) is 10.5. The van der Waals surface area contributed by atoms with E-state index in [-0.39, 0.29) is 6.04 Å². The van der Waals surface area contributed by atoms with Gasteiger partial charge in [-0.2, -0.15) is 13.2 Å². The molecule has 2 aromatic rings. The van der Waals surface area contributed by atoms with Crippen molar-refractivity contribution in [3.8, 4) is 0 Å². The molecule has 0 amide bonds. The quantitative estimate of drug-likeness (QED) is 0.916. The third-order valence-corrected chi connectivity index (χ3v) is 4.99. The molecule has 1 unspecified atom stereocenters. The van der Waals surface area contributed by atoms with Gasteiger partial charge in [-0.15, -0.1) is 0 Å². The molecule has 0 bridgehead atoms. The fourth-order valence-corrected chi connectivity index (χ4v) is 2.87. The van der Waals surface area contributed by atoms with E-state index in [0.717, 1.165) is 4.57 Å². The summed E-state index contributed by atoms with van der Waals surface area (Å²) in [6.07, 6.45) is -1.45. The van der Waals surface area contributed by atoms with Crippen molar-refractivity contribution in [2.75, 3.05) is 0 Å². The largest absolute Gasteiger partial charge is 0.406 e. The Morgan fingerprint density at radius 3 is 2.57 bits per heavy atom. The van der Waals surface area contributed by atoms with Crippen LogP contribution in [0.5, 0.6) is 0 Å². The van der Waals surface area contributed by atoms with Crippen molar-refractivity contribution in [3.63, 3.8) is 0 Å². The molecule has 0 aliphatic rings. The second kappa shape index (κ2) is 6.24. The topological polar surface area (TPSA) is 46.9 Å². The van der Waals surface area contributed by atoms with E-state index in [1.54, 1.807) is 12.1 Å². The molecule has 8 heteroatoms. The van der Waals surface area contributed by atoms with Crippen LogP contribution in [0.15, 0.2) is 24.5 Å². The number of fused-ring (bicyclic) bond motifs is 1. The van der Waals surface area contributed by atoms with Crippen LogP contribution in [-0.4, -0.2) is 24.7 Å². The summed E-state index contributed by atoms with van der Waals surface area (Å²) in [5.74, 6) is 0. The molecule has 1 N–H and O–H groups in total. The maximum absolute atomic E-state index is 12.5. The first-order valence-electron chi connectivity index (χ1n) is 7.17. The van der Waals surface area contributed by atoms with Crippen LogP contribution in [0.2, 0.25) is 0 Å². The number of halogens is 3. The molecule has 128 valence electrons. The van der Waals surface area contributed by atoms with Crippen molar-refractivity contribution in [1.29, 1.82) is 0 Å². The van der Waals surface area contributed by atoms with Crippen LogP contribution in [0, 0.1) is 0 Å². The number of nitrogens with one attached hydrogen (secondary N) is 1. The smallest absolute Gasteiger partial charge is 0.337 e. The summed E-state index contributed by atoms with van der Waals surface area (Å²) in [5.41, 5.74) is 1.06. The minimum atomic E-state index is -4.27. The lowest BCUT2D eigenvalue weighted by Crippen LogP contribution is -2.35. The first-order valence-corrected chi connectivity index (χ1v) is 8.32. The van der Waals surface area contributed by atoms with Crippen LogP contribution >= 0.6 is 0 Å². The summed E-state index contributed by atoms with van der Waals surface area (Å²) in [7, 11) is -1.25. The number of pyridine rings is 1. The number of alkyl halides is 3. The Morgan fingerprint density at radius 1 is 1.35 bits per heavy atom. The zero-order chi connectivity index (χ0) is 17.4. The SMILES string of the molecule is C[C@@H](NS(=O)C(C)(C)C)c1cc2ccn(CC(F)(F)F)c2cn1. The van der Waals surface area contributed by atoms with Crippen molar-refractivity contribution >= 4 is 21.9 Å². The molecule has 0 saturated carbocycles. The number of hydrogen-bond donors (Lipinski definition) is 1. The van der Waals surface area contributed by atoms with Gasteiger partial charge in [-0.05, 0) is 39.8 Å². The predicted molar refractivity (Wildman–Crippen MR) is 85.2 cm³/mol. The van der Waals surface area contributed by atoms with Gasteiger partial charge in [0.25, 0.3) is 0 Å². The third kappa shape index (κ3) is 4.54. The highest BCUT2D eigenvalue weighted by Gasteiger charge is 2.28. The van der Waals surface area contributed by atoms with Crippen LogP contribution < -0.4 is 4.72 Å². The molecule has 0 aliphatic carbocycles. The van der Waals surface area contributed by atoms with E-state index >= 15 is 0 Å². The van der Waals surface area contributed by atoms with Gasteiger partial charge in [0.05, 0.1) is 39.2 Å². The van der Waals surface area contributed by atoms with Gasteiger partial charge < -0.3 is 4.57 Å². The maximum Gasteiger partial charge on any atom is 0.406 e. The molecule has 2 heterocycles. The van der Waals surface area contributed by atoms with E-state index < -0.39 is 28.5 Å². The Hall–Kier alpha value is -1.41. The zero-order valence-corrected chi connectivity index (χ0v) is 14.3. The average Bonchev–Trinajstić information content (AvgIpc) is 2.78. The van der Waals surface area contributed by atoms with E-state index in [0.29, 0.717) is 16.6 Å².